The lowest BCUT2D eigenvalue weighted by Crippen LogP contribution is -2.26. The molecule has 4 heteroatoms. The monoisotopic (exact) mass is 275 g/mol. The van der Waals surface area contributed by atoms with Gasteiger partial charge in [0.25, 0.3) is 0 Å². The van der Waals surface area contributed by atoms with E-state index in [1.54, 1.807) is 30.3 Å². The molecule has 1 aromatic rings. The van der Waals surface area contributed by atoms with E-state index in [0.29, 0.717) is 11.0 Å². The van der Waals surface area contributed by atoms with Crippen LogP contribution in [0.1, 0.15) is 48.9 Å². The van der Waals surface area contributed by atoms with E-state index in [0.717, 1.165) is 13.0 Å². The van der Waals surface area contributed by atoms with Crippen molar-refractivity contribution in [3.05, 3.63) is 35.9 Å². The Hall–Kier alpha value is -1.84. The van der Waals surface area contributed by atoms with Gasteiger partial charge in [-0.25, -0.2) is 4.79 Å². The Kier molecular flexibility index (Phi) is 4.77. The molecule has 108 valence electrons. The van der Waals surface area contributed by atoms with Crippen molar-refractivity contribution in [3.8, 4) is 0 Å². The van der Waals surface area contributed by atoms with Crippen molar-refractivity contribution in [1.82, 2.24) is 5.32 Å². The minimum absolute atomic E-state index is 0.270. The molecule has 1 aliphatic heterocycles. The number of carboxylic acid groups (broad SMARTS) is 1. The molecule has 20 heavy (non-hydrogen) atoms. The van der Waals surface area contributed by atoms with Crippen LogP contribution in [0, 0.1) is 5.41 Å². The van der Waals surface area contributed by atoms with E-state index >= 15 is 0 Å². The zero-order valence-corrected chi connectivity index (χ0v) is 11.6. The van der Waals surface area contributed by atoms with Gasteiger partial charge in [0.2, 0.25) is 5.91 Å². The Morgan fingerprint density at radius 1 is 1.10 bits per heavy atom. The van der Waals surface area contributed by atoms with Crippen LogP contribution in [-0.4, -0.2) is 23.5 Å². The third kappa shape index (κ3) is 3.83. The van der Waals surface area contributed by atoms with Crippen molar-refractivity contribution >= 4 is 11.9 Å². The number of nitrogens with one attached hydrogen (secondary N) is 1. The molecule has 0 radical (unpaired) electrons. The number of hydrogen-bond donors (Lipinski definition) is 2. The lowest BCUT2D eigenvalue weighted by Gasteiger charge is -2.31. The summed E-state index contributed by atoms with van der Waals surface area (Å²) in [7, 11) is 0. The quantitative estimate of drug-likeness (QED) is 0.828. The molecule has 2 fully saturated rings. The van der Waals surface area contributed by atoms with Crippen molar-refractivity contribution in [2.24, 2.45) is 5.41 Å². The number of rotatable bonds is 1. The van der Waals surface area contributed by atoms with Gasteiger partial charge in [-0.3, -0.25) is 4.79 Å². The van der Waals surface area contributed by atoms with Crippen molar-refractivity contribution < 1.29 is 14.7 Å². The minimum Gasteiger partial charge on any atom is -0.478 e. The van der Waals surface area contributed by atoms with Gasteiger partial charge in [0.1, 0.15) is 0 Å². The molecule has 1 heterocycles. The average molecular weight is 275 g/mol. The topological polar surface area (TPSA) is 66.4 Å². The number of aromatic carboxylic acids is 1. The normalized spacial score (nSPS) is 19.9. The third-order valence-corrected chi connectivity index (χ3v) is 4.13. The fraction of sp³-hybridized carbons (Fsp3) is 0.500. The van der Waals surface area contributed by atoms with Crippen molar-refractivity contribution in [1.29, 1.82) is 0 Å². The minimum atomic E-state index is -0.879. The van der Waals surface area contributed by atoms with Gasteiger partial charge in [-0.15, -0.1) is 0 Å². The van der Waals surface area contributed by atoms with Crippen molar-refractivity contribution in [2.75, 3.05) is 6.54 Å². The summed E-state index contributed by atoms with van der Waals surface area (Å²) in [6.45, 7) is 0.950. The highest BCUT2D eigenvalue weighted by Gasteiger charge is 2.38. The van der Waals surface area contributed by atoms with Crippen LogP contribution in [0.5, 0.6) is 0 Å². The summed E-state index contributed by atoms with van der Waals surface area (Å²) in [5, 5.41) is 11.3. The molecular formula is C16H21NO3. The first kappa shape index (κ1) is 14.6. The molecule has 1 saturated carbocycles. The Morgan fingerprint density at radius 3 is 2.20 bits per heavy atom. The highest BCUT2D eigenvalue weighted by atomic mass is 16.4. The smallest absolute Gasteiger partial charge is 0.335 e. The van der Waals surface area contributed by atoms with Crippen LogP contribution in [0.25, 0.3) is 0 Å². The molecule has 0 atom stereocenters. The molecular weight excluding hydrogens is 254 g/mol. The number of carbonyl (C=O) groups excluding carboxylic acids is 1. The summed E-state index contributed by atoms with van der Waals surface area (Å²) in [4.78, 5) is 21.2. The SMILES string of the molecule is O=C(O)c1ccccc1.O=C1CC2(CCCCC2)CN1. The number of amides is 1. The molecule has 1 aliphatic carbocycles. The van der Waals surface area contributed by atoms with Crippen LogP contribution < -0.4 is 5.32 Å². The molecule has 1 spiro atoms. The number of hydrogen-bond acceptors (Lipinski definition) is 2. The second kappa shape index (κ2) is 6.55. The first-order valence-corrected chi connectivity index (χ1v) is 7.16. The van der Waals surface area contributed by atoms with Gasteiger partial charge in [0.15, 0.2) is 0 Å². The van der Waals surface area contributed by atoms with E-state index in [2.05, 4.69) is 5.32 Å². The number of carboxylic acids is 1. The fourth-order valence-electron chi connectivity index (χ4n) is 2.99. The summed E-state index contributed by atoms with van der Waals surface area (Å²) in [5.41, 5.74) is 0.715. The Balaban J connectivity index is 0.000000151. The van der Waals surface area contributed by atoms with Crippen LogP contribution in [0.15, 0.2) is 30.3 Å². The lowest BCUT2D eigenvalue weighted by molar-refractivity contribution is -0.119. The lowest BCUT2D eigenvalue weighted by atomic mass is 9.73. The van der Waals surface area contributed by atoms with Gasteiger partial charge in [-0.2, -0.15) is 0 Å². The first-order valence-electron chi connectivity index (χ1n) is 7.16. The van der Waals surface area contributed by atoms with Crippen molar-refractivity contribution in [2.45, 2.75) is 38.5 Å². The molecule has 0 bridgehead atoms. The molecule has 1 aromatic carbocycles. The van der Waals surface area contributed by atoms with E-state index in [-0.39, 0.29) is 5.91 Å². The summed E-state index contributed by atoms with van der Waals surface area (Å²) in [6.07, 6.45) is 7.37. The van der Waals surface area contributed by atoms with E-state index in [1.807, 2.05) is 0 Å². The molecule has 4 nitrogen and oxygen atoms in total. The standard InChI is InChI=1S/C9H15NO.C7H6O2/c11-8-6-9(7-10-8)4-2-1-3-5-9;8-7(9)6-4-2-1-3-5-6/h1-7H2,(H,10,11);1-5H,(H,8,9). The summed E-state index contributed by atoms with van der Waals surface area (Å²) >= 11 is 0. The van der Waals surface area contributed by atoms with E-state index in [9.17, 15) is 9.59 Å². The largest absolute Gasteiger partial charge is 0.478 e. The van der Waals surface area contributed by atoms with Crippen LogP contribution in [-0.2, 0) is 4.79 Å². The molecule has 1 amide bonds. The summed E-state index contributed by atoms with van der Waals surface area (Å²) in [6, 6.07) is 8.30. The number of carbonyl (C=O) groups is 2. The van der Waals surface area contributed by atoms with Gasteiger partial charge in [-0.05, 0) is 30.4 Å². The van der Waals surface area contributed by atoms with E-state index in [4.69, 9.17) is 5.11 Å². The maximum atomic E-state index is 11.0. The molecule has 2 N–H and O–H groups in total. The fourth-order valence-corrected chi connectivity index (χ4v) is 2.99. The van der Waals surface area contributed by atoms with Gasteiger partial charge in [0, 0.05) is 13.0 Å². The van der Waals surface area contributed by atoms with Gasteiger partial charge in [-0.1, -0.05) is 37.5 Å². The van der Waals surface area contributed by atoms with E-state index in [1.165, 1.54) is 32.1 Å². The van der Waals surface area contributed by atoms with E-state index < -0.39 is 5.97 Å². The number of benzene rings is 1. The Morgan fingerprint density at radius 2 is 1.75 bits per heavy atom. The predicted molar refractivity (Wildman–Crippen MR) is 76.5 cm³/mol. The zero-order chi connectivity index (χ0) is 14.4. The maximum Gasteiger partial charge on any atom is 0.335 e. The highest BCUT2D eigenvalue weighted by molar-refractivity contribution is 5.87. The maximum absolute atomic E-state index is 11.0. The molecule has 2 aliphatic rings. The second-order valence-electron chi connectivity index (χ2n) is 5.69. The molecule has 0 unspecified atom stereocenters. The van der Waals surface area contributed by atoms with Crippen LogP contribution in [0.2, 0.25) is 0 Å². The second-order valence-corrected chi connectivity index (χ2v) is 5.69. The van der Waals surface area contributed by atoms with Gasteiger partial charge >= 0.3 is 5.97 Å². The first-order chi connectivity index (χ1) is 9.61. The summed E-state index contributed by atoms with van der Waals surface area (Å²) < 4.78 is 0. The van der Waals surface area contributed by atoms with Gasteiger partial charge < -0.3 is 10.4 Å². The van der Waals surface area contributed by atoms with Crippen LogP contribution in [0.3, 0.4) is 0 Å². The Labute approximate surface area is 119 Å². The summed E-state index contributed by atoms with van der Waals surface area (Å²) in [5.74, 6) is -0.609. The highest BCUT2D eigenvalue weighted by Crippen LogP contribution is 2.40. The molecule has 1 saturated heterocycles. The predicted octanol–water partition coefficient (Wildman–Crippen LogP) is 2.84. The average Bonchev–Trinajstić information content (AvgIpc) is 2.82. The molecule has 3 rings (SSSR count). The molecule has 0 aromatic heterocycles. The van der Waals surface area contributed by atoms with Crippen LogP contribution in [0.4, 0.5) is 0 Å². The van der Waals surface area contributed by atoms with Crippen LogP contribution >= 0.6 is 0 Å². The Bertz CT molecular complexity index is 464. The zero-order valence-electron chi connectivity index (χ0n) is 11.6. The van der Waals surface area contributed by atoms with Crippen molar-refractivity contribution in [3.63, 3.8) is 0 Å². The van der Waals surface area contributed by atoms with Gasteiger partial charge in [0.05, 0.1) is 5.56 Å². The third-order valence-electron chi connectivity index (χ3n) is 4.13.